The van der Waals surface area contributed by atoms with Gasteiger partial charge in [-0.1, -0.05) is 23.2 Å². The average molecular weight is 473 g/mol. The molecule has 0 aliphatic heterocycles. The summed E-state index contributed by atoms with van der Waals surface area (Å²) in [5.41, 5.74) is 2.36. The van der Waals surface area contributed by atoms with Gasteiger partial charge in [-0.05, 0) is 72.8 Å². The van der Waals surface area contributed by atoms with Crippen LogP contribution in [-0.4, -0.2) is 24.2 Å². The van der Waals surface area contributed by atoms with Crippen molar-refractivity contribution in [1.82, 2.24) is 9.55 Å². The lowest BCUT2D eigenvalue weighted by molar-refractivity contribution is 0.302. The third kappa shape index (κ3) is 5.10. The highest BCUT2D eigenvalue weighted by molar-refractivity contribution is 7.90. The summed E-state index contributed by atoms with van der Waals surface area (Å²) in [6.07, 6.45) is 3.07. The van der Waals surface area contributed by atoms with E-state index < -0.39 is 9.84 Å². The van der Waals surface area contributed by atoms with Gasteiger partial charge in [-0.25, -0.2) is 13.4 Å². The van der Waals surface area contributed by atoms with Crippen molar-refractivity contribution in [2.24, 2.45) is 0 Å². The molecular formula is C23H18Cl2N2O3S. The molecular weight excluding hydrogens is 455 g/mol. The third-order valence-corrected chi connectivity index (χ3v) is 6.23. The molecule has 0 saturated heterocycles. The molecule has 0 bridgehead atoms. The number of nitrogens with zero attached hydrogens (tertiary/aromatic N) is 2. The van der Waals surface area contributed by atoms with Crippen molar-refractivity contribution >= 4 is 33.0 Å². The standard InChI is InChI=1S/C23H18Cl2N2O3S/c1-31(28,29)22-12-2-16(3-13-22)23-26-19(15-30-21-10-6-18(25)7-11-21)14-27(23)20-8-4-17(24)5-9-20/h2-14H,15H2,1H3. The van der Waals surface area contributed by atoms with Gasteiger partial charge in [-0.2, -0.15) is 0 Å². The first-order valence-corrected chi connectivity index (χ1v) is 12.0. The highest BCUT2D eigenvalue weighted by Crippen LogP contribution is 2.26. The number of halogens is 2. The smallest absolute Gasteiger partial charge is 0.175 e. The van der Waals surface area contributed by atoms with Gasteiger partial charge in [0, 0.05) is 33.7 Å². The van der Waals surface area contributed by atoms with Crippen molar-refractivity contribution in [3.8, 4) is 22.8 Å². The zero-order valence-corrected chi connectivity index (χ0v) is 18.8. The van der Waals surface area contributed by atoms with Crippen molar-refractivity contribution < 1.29 is 13.2 Å². The molecule has 0 aliphatic rings. The normalized spacial score (nSPS) is 11.5. The maximum Gasteiger partial charge on any atom is 0.175 e. The summed E-state index contributed by atoms with van der Waals surface area (Å²) in [7, 11) is -3.28. The lowest BCUT2D eigenvalue weighted by atomic mass is 10.2. The van der Waals surface area contributed by atoms with E-state index in [1.165, 1.54) is 6.26 Å². The van der Waals surface area contributed by atoms with E-state index in [1.54, 1.807) is 60.7 Å². The Morgan fingerprint density at radius 3 is 2.03 bits per heavy atom. The van der Waals surface area contributed by atoms with Crippen LogP contribution in [0.4, 0.5) is 0 Å². The average Bonchev–Trinajstić information content (AvgIpc) is 3.18. The maximum absolute atomic E-state index is 11.8. The Hall–Kier alpha value is -2.80. The van der Waals surface area contributed by atoms with Crippen LogP contribution >= 0.6 is 23.2 Å². The van der Waals surface area contributed by atoms with E-state index in [9.17, 15) is 8.42 Å². The molecule has 0 unspecified atom stereocenters. The molecule has 0 amide bonds. The molecule has 3 aromatic carbocycles. The molecule has 0 radical (unpaired) electrons. The van der Waals surface area contributed by atoms with Crippen LogP contribution in [0.15, 0.2) is 83.9 Å². The third-order valence-electron chi connectivity index (χ3n) is 4.60. The van der Waals surface area contributed by atoms with Crippen LogP contribution in [0.5, 0.6) is 5.75 Å². The molecule has 4 rings (SSSR count). The van der Waals surface area contributed by atoms with E-state index in [2.05, 4.69) is 0 Å². The Morgan fingerprint density at radius 1 is 0.871 bits per heavy atom. The molecule has 1 aromatic heterocycles. The fourth-order valence-corrected chi connectivity index (χ4v) is 3.92. The molecule has 0 saturated carbocycles. The lowest BCUT2D eigenvalue weighted by Crippen LogP contribution is -1.98. The van der Waals surface area contributed by atoms with Gasteiger partial charge in [0.05, 0.1) is 10.6 Å². The number of aromatic nitrogens is 2. The molecule has 5 nitrogen and oxygen atoms in total. The predicted octanol–water partition coefficient (Wildman–Crippen LogP) is 5.83. The first-order valence-electron chi connectivity index (χ1n) is 9.33. The summed E-state index contributed by atoms with van der Waals surface area (Å²) in [5.74, 6) is 1.35. The van der Waals surface area contributed by atoms with Crippen molar-refractivity contribution in [2.75, 3.05) is 6.26 Å². The minimum absolute atomic E-state index is 0.257. The van der Waals surface area contributed by atoms with Crippen molar-refractivity contribution in [3.05, 3.63) is 94.7 Å². The van der Waals surface area contributed by atoms with Crippen LogP contribution < -0.4 is 4.74 Å². The Morgan fingerprint density at radius 2 is 1.45 bits per heavy atom. The van der Waals surface area contributed by atoms with E-state index >= 15 is 0 Å². The van der Waals surface area contributed by atoms with Gasteiger partial charge in [-0.3, -0.25) is 4.57 Å². The number of hydrogen-bond acceptors (Lipinski definition) is 4. The molecule has 0 aliphatic carbocycles. The van der Waals surface area contributed by atoms with Crippen LogP contribution in [0.1, 0.15) is 5.69 Å². The van der Waals surface area contributed by atoms with Crippen LogP contribution in [0.2, 0.25) is 10.0 Å². The zero-order chi connectivity index (χ0) is 22.0. The molecule has 0 atom stereocenters. The predicted molar refractivity (Wildman–Crippen MR) is 123 cm³/mol. The highest BCUT2D eigenvalue weighted by atomic mass is 35.5. The Kier molecular flexibility index (Phi) is 6.05. The van der Waals surface area contributed by atoms with Gasteiger partial charge in [0.15, 0.2) is 9.84 Å². The summed E-state index contributed by atoms with van der Waals surface area (Å²) in [6.45, 7) is 0.261. The molecule has 8 heteroatoms. The van der Waals surface area contributed by atoms with Gasteiger partial charge < -0.3 is 4.74 Å². The number of rotatable bonds is 6. The second kappa shape index (κ2) is 8.75. The van der Waals surface area contributed by atoms with E-state index in [4.69, 9.17) is 32.9 Å². The van der Waals surface area contributed by atoms with Gasteiger partial charge in [0.25, 0.3) is 0 Å². The van der Waals surface area contributed by atoms with Crippen molar-refractivity contribution in [2.45, 2.75) is 11.5 Å². The largest absolute Gasteiger partial charge is 0.487 e. The quantitative estimate of drug-likeness (QED) is 0.354. The number of imidazole rings is 1. The van der Waals surface area contributed by atoms with Crippen LogP contribution in [0.3, 0.4) is 0 Å². The summed E-state index contributed by atoms with van der Waals surface area (Å²) in [6, 6.07) is 21.1. The van der Waals surface area contributed by atoms with Gasteiger partial charge in [0.2, 0.25) is 0 Å². The summed E-state index contributed by atoms with van der Waals surface area (Å²) in [4.78, 5) is 4.99. The number of hydrogen-bond donors (Lipinski definition) is 0. The zero-order valence-electron chi connectivity index (χ0n) is 16.5. The fraction of sp³-hybridized carbons (Fsp3) is 0.0870. The second-order valence-corrected chi connectivity index (χ2v) is 9.83. The molecule has 0 fully saturated rings. The van der Waals surface area contributed by atoms with Crippen LogP contribution in [0, 0.1) is 0 Å². The first-order chi connectivity index (χ1) is 14.8. The fourth-order valence-electron chi connectivity index (χ4n) is 3.04. The summed E-state index contributed by atoms with van der Waals surface area (Å²) < 4.78 is 31.3. The second-order valence-electron chi connectivity index (χ2n) is 6.94. The minimum Gasteiger partial charge on any atom is -0.487 e. The molecule has 31 heavy (non-hydrogen) atoms. The monoisotopic (exact) mass is 472 g/mol. The first kappa shape index (κ1) is 21.4. The number of benzene rings is 3. The highest BCUT2D eigenvalue weighted by Gasteiger charge is 2.14. The lowest BCUT2D eigenvalue weighted by Gasteiger charge is -2.08. The van der Waals surface area contributed by atoms with E-state index in [-0.39, 0.29) is 11.5 Å². The van der Waals surface area contributed by atoms with Gasteiger partial charge in [-0.15, -0.1) is 0 Å². The molecule has 158 valence electrons. The summed E-state index contributed by atoms with van der Waals surface area (Å²) in [5, 5.41) is 1.27. The van der Waals surface area contributed by atoms with Crippen LogP contribution in [-0.2, 0) is 16.4 Å². The van der Waals surface area contributed by atoms with E-state index in [0.717, 1.165) is 11.3 Å². The SMILES string of the molecule is CS(=O)(=O)c1ccc(-c2nc(COc3ccc(Cl)cc3)cn2-c2ccc(Cl)cc2)cc1. The number of ether oxygens (including phenoxy) is 1. The molecule has 4 aromatic rings. The molecule has 1 heterocycles. The molecule has 0 spiro atoms. The minimum atomic E-state index is -3.28. The number of sulfone groups is 1. The maximum atomic E-state index is 11.8. The summed E-state index contributed by atoms with van der Waals surface area (Å²) >= 11 is 12.0. The Labute approximate surface area is 190 Å². The van der Waals surface area contributed by atoms with Gasteiger partial charge >= 0.3 is 0 Å². The van der Waals surface area contributed by atoms with Gasteiger partial charge in [0.1, 0.15) is 18.2 Å². The Balaban J connectivity index is 1.70. The topological polar surface area (TPSA) is 61.2 Å². The van der Waals surface area contributed by atoms with Crippen molar-refractivity contribution in [1.29, 1.82) is 0 Å². The van der Waals surface area contributed by atoms with E-state index in [1.807, 2.05) is 22.9 Å². The van der Waals surface area contributed by atoms with E-state index in [0.29, 0.717) is 27.3 Å². The molecule has 0 N–H and O–H groups in total. The van der Waals surface area contributed by atoms with Crippen LogP contribution in [0.25, 0.3) is 17.1 Å². The Bertz CT molecular complexity index is 1300. The van der Waals surface area contributed by atoms with Crippen molar-refractivity contribution in [3.63, 3.8) is 0 Å².